The Morgan fingerprint density at radius 2 is 2.03 bits per heavy atom. The molecule has 1 atom stereocenters. The van der Waals surface area contributed by atoms with E-state index >= 15 is 0 Å². The summed E-state index contributed by atoms with van der Waals surface area (Å²) in [5.74, 6) is -0.222. The zero-order valence-electron chi connectivity index (χ0n) is 18.6. The van der Waals surface area contributed by atoms with E-state index in [0.29, 0.717) is 34.6 Å². The second-order valence-electron chi connectivity index (χ2n) is 7.88. The van der Waals surface area contributed by atoms with Crippen molar-refractivity contribution in [3.63, 3.8) is 0 Å². The number of phenolic OH excluding ortho intramolecular Hbond substituents is 1. The molecule has 2 aromatic rings. The number of nitriles is 1. The fourth-order valence-electron chi connectivity index (χ4n) is 4.10. The quantitative estimate of drug-likeness (QED) is 0.390. The molecule has 33 heavy (non-hydrogen) atoms. The highest BCUT2D eigenvalue weighted by Crippen LogP contribution is 2.32. The topological polar surface area (TPSA) is 152 Å². The number of esters is 1. The zero-order valence-corrected chi connectivity index (χ0v) is 18.6. The number of hydrogen-bond donors (Lipinski definition) is 4. The van der Waals surface area contributed by atoms with Crippen molar-refractivity contribution in [3.05, 3.63) is 82.3 Å². The standard InChI is InChI=1S/C25H29N5O3/c1-2-33-25(32)16-9-10-19(18(12-16)14-26)17-6-5-11-30(15-17)22(24(28)29)13-21(27)20-7-3-4-8-23(20)31/h3-4,7-10,12-13,17,31H,2,5-6,11,15,27-29H2,1H3/b21-13-. The van der Waals surface area contributed by atoms with Gasteiger partial charge in [-0.2, -0.15) is 5.26 Å². The van der Waals surface area contributed by atoms with Gasteiger partial charge in [-0.3, -0.25) is 0 Å². The molecule has 8 nitrogen and oxygen atoms in total. The van der Waals surface area contributed by atoms with Crippen molar-refractivity contribution in [2.75, 3.05) is 19.7 Å². The average Bonchev–Trinajstić information content (AvgIpc) is 2.82. The summed E-state index contributed by atoms with van der Waals surface area (Å²) in [6.07, 6.45) is 3.40. The number of nitrogens with zero attached hydrogens (tertiary/aromatic N) is 2. The number of likely N-dealkylation sites (tertiary alicyclic amines) is 1. The second kappa shape index (κ2) is 10.5. The number of benzene rings is 2. The Morgan fingerprint density at radius 3 is 2.70 bits per heavy atom. The van der Waals surface area contributed by atoms with Gasteiger partial charge in [0, 0.05) is 30.3 Å². The van der Waals surface area contributed by atoms with Gasteiger partial charge in [0.2, 0.25) is 0 Å². The molecule has 2 aromatic carbocycles. The highest BCUT2D eigenvalue weighted by atomic mass is 16.5. The summed E-state index contributed by atoms with van der Waals surface area (Å²) in [6, 6.07) is 14.1. The van der Waals surface area contributed by atoms with Crippen LogP contribution in [0, 0.1) is 11.3 Å². The van der Waals surface area contributed by atoms with E-state index in [-0.39, 0.29) is 24.1 Å². The molecule has 1 aliphatic rings. The summed E-state index contributed by atoms with van der Waals surface area (Å²) >= 11 is 0. The average molecular weight is 448 g/mol. The first-order valence-corrected chi connectivity index (χ1v) is 10.8. The fourth-order valence-corrected chi connectivity index (χ4v) is 4.10. The predicted octanol–water partition coefficient (Wildman–Crippen LogP) is 2.71. The van der Waals surface area contributed by atoms with E-state index in [9.17, 15) is 15.2 Å². The molecule has 0 amide bonds. The molecule has 1 unspecified atom stereocenters. The molecular weight excluding hydrogens is 418 g/mol. The van der Waals surface area contributed by atoms with E-state index in [2.05, 4.69) is 6.07 Å². The van der Waals surface area contributed by atoms with Crippen molar-refractivity contribution in [2.45, 2.75) is 25.7 Å². The number of phenols is 1. The van der Waals surface area contributed by atoms with Crippen molar-refractivity contribution in [3.8, 4) is 11.8 Å². The Balaban J connectivity index is 1.88. The van der Waals surface area contributed by atoms with Gasteiger partial charge in [-0.25, -0.2) is 4.79 Å². The number of piperidine rings is 1. The SMILES string of the molecule is CCOC(=O)c1ccc(C2CCCN(C(/C=C(\N)c3ccccc3O)=C(N)N)C2)c(C#N)c1. The molecule has 0 saturated carbocycles. The first kappa shape index (κ1) is 23.5. The third kappa shape index (κ3) is 5.39. The first-order valence-electron chi connectivity index (χ1n) is 10.8. The molecule has 1 aliphatic heterocycles. The molecule has 1 saturated heterocycles. The molecular formula is C25H29N5O3. The molecule has 1 heterocycles. The largest absolute Gasteiger partial charge is 0.507 e. The van der Waals surface area contributed by atoms with Crippen LogP contribution in [0.3, 0.4) is 0 Å². The van der Waals surface area contributed by atoms with Crippen LogP contribution in [-0.4, -0.2) is 35.7 Å². The van der Waals surface area contributed by atoms with E-state index in [4.69, 9.17) is 21.9 Å². The Hall–Kier alpha value is -4.12. The lowest BCUT2D eigenvalue weighted by atomic mass is 9.86. The summed E-state index contributed by atoms with van der Waals surface area (Å²) in [7, 11) is 0. The molecule has 0 aromatic heterocycles. The number of ether oxygens (including phenoxy) is 1. The number of carbonyl (C=O) groups is 1. The van der Waals surface area contributed by atoms with Crippen molar-refractivity contribution in [1.82, 2.24) is 4.90 Å². The van der Waals surface area contributed by atoms with E-state index in [1.54, 1.807) is 49.4 Å². The van der Waals surface area contributed by atoms with Gasteiger partial charge in [-0.15, -0.1) is 0 Å². The fraction of sp³-hybridized carbons (Fsp3) is 0.280. The number of nitrogens with two attached hydrogens (primary N) is 3. The van der Waals surface area contributed by atoms with Crippen LogP contribution < -0.4 is 17.2 Å². The summed E-state index contributed by atoms with van der Waals surface area (Å²) in [5.41, 5.74) is 21.3. The van der Waals surface area contributed by atoms with E-state index in [1.165, 1.54) is 0 Å². The molecule has 7 N–H and O–H groups in total. The Bertz CT molecular complexity index is 1130. The van der Waals surface area contributed by atoms with Crippen LogP contribution >= 0.6 is 0 Å². The van der Waals surface area contributed by atoms with Gasteiger partial charge in [0.15, 0.2) is 0 Å². The number of carbonyl (C=O) groups excluding carboxylic acids is 1. The van der Waals surface area contributed by atoms with Gasteiger partial charge in [0.1, 0.15) is 11.6 Å². The van der Waals surface area contributed by atoms with Gasteiger partial charge in [-0.05, 0) is 55.7 Å². The minimum Gasteiger partial charge on any atom is -0.507 e. The monoisotopic (exact) mass is 447 g/mol. The van der Waals surface area contributed by atoms with Crippen LogP contribution in [0.15, 0.2) is 60.1 Å². The van der Waals surface area contributed by atoms with Gasteiger partial charge in [-0.1, -0.05) is 18.2 Å². The number of hydrogen-bond acceptors (Lipinski definition) is 8. The summed E-state index contributed by atoms with van der Waals surface area (Å²) in [5, 5.41) is 19.8. The van der Waals surface area contributed by atoms with Crippen LogP contribution in [-0.2, 0) is 4.74 Å². The van der Waals surface area contributed by atoms with Crippen LogP contribution in [0.1, 0.15) is 52.7 Å². The molecule has 0 radical (unpaired) electrons. The Morgan fingerprint density at radius 1 is 1.27 bits per heavy atom. The highest BCUT2D eigenvalue weighted by molar-refractivity contribution is 5.90. The van der Waals surface area contributed by atoms with Crippen LogP contribution in [0.2, 0.25) is 0 Å². The molecule has 0 spiro atoms. The molecule has 8 heteroatoms. The van der Waals surface area contributed by atoms with Crippen LogP contribution in [0.5, 0.6) is 5.75 Å². The van der Waals surface area contributed by atoms with E-state index in [0.717, 1.165) is 24.9 Å². The van der Waals surface area contributed by atoms with Gasteiger partial charge >= 0.3 is 5.97 Å². The lowest BCUT2D eigenvalue weighted by Crippen LogP contribution is -2.36. The number of para-hydroxylation sites is 1. The Kier molecular flexibility index (Phi) is 7.46. The van der Waals surface area contributed by atoms with Gasteiger partial charge < -0.3 is 31.9 Å². The lowest BCUT2D eigenvalue weighted by molar-refractivity contribution is 0.0526. The maximum absolute atomic E-state index is 12.1. The molecule has 1 fully saturated rings. The molecule has 0 bridgehead atoms. The minimum atomic E-state index is -0.447. The summed E-state index contributed by atoms with van der Waals surface area (Å²) < 4.78 is 5.04. The zero-order chi connectivity index (χ0) is 24.0. The van der Waals surface area contributed by atoms with Gasteiger partial charge in [0.25, 0.3) is 0 Å². The van der Waals surface area contributed by atoms with Gasteiger partial charge in [0.05, 0.1) is 29.5 Å². The maximum Gasteiger partial charge on any atom is 0.338 e. The third-order valence-corrected chi connectivity index (χ3v) is 5.69. The number of allylic oxidation sites excluding steroid dienone is 1. The first-order chi connectivity index (χ1) is 15.8. The highest BCUT2D eigenvalue weighted by Gasteiger charge is 2.26. The summed E-state index contributed by atoms with van der Waals surface area (Å²) in [4.78, 5) is 14.1. The minimum absolute atomic E-state index is 0.0405. The van der Waals surface area contributed by atoms with Crippen molar-refractivity contribution in [2.24, 2.45) is 17.2 Å². The van der Waals surface area contributed by atoms with Crippen molar-refractivity contribution in [1.29, 1.82) is 5.26 Å². The van der Waals surface area contributed by atoms with Crippen LogP contribution in [0.4, 0.5) is 0 Å². The summed E-state index contributed by atoms with van der Waals surface area (Å²) in [6.45, 7) is 3.30. The number of rotatable bonds is 6. The lowest BCUT2D eigenvalue weighted by Gasteiger charge is -2.36. The third-order valence-electron chi connectivity index (χ3n) is 5.69. The maximum atomic E-state index is 12.1. The van der Waals surface area contributed by atoms with E-state index in [1.807, 2.05) is 11.0 Å². The van der Waals surface area contributed by atoms with Crippen molar-refractivity contribution >= 4 is 11.7 Å². The smallest absolute Gasteiger partial charge is 0.338 e. The number of aromatic hydroxyl groups is 1. The second-order valence-corrected chi connectivity index (χ2v) is 7.88. The molecule has 172 valence electrons. The normalized spacial score (nSPS) is 16.1. The Labute approximate surface area is 193 Å². The molecule has 0 aliphatic carbocycles. The van der Waals surface area contributed by atoms with E-state index < -0.39 is 5.97 Å². The van der Waals surface area contributed by atoms with Crippen LogP contribution in [0.25, 0.3) is 5.70 Å². The van der Waals surface area contributed by atoms with Crippen molar-refractivity contribution < 1.29 is 14.6 Å². The predicted molar refractivity (Wildman–Crippen MR) is 126 cm³/mol. The molecule has 3 rings (SSSR count).